The summed E-state index contributed by atoms with van der Waals surface area (Å²) in [5.74, 6) is 0.808. The van der Waals surface area contributed by atoms with Gasteiger partial charge in [-0.25, -0.2) is 9.97 Å². The third-order valence-corrected chi connectivity index (χ3v) is 6.54. The van der Waals surface area contributed by atoms with Gasteiger partial charge in [0.25, 0.3) is 5.91 Å². The number of para-hydroxylation sites is 1. The Labute approximate surface area is 171 Å². The Morgan fingerprint density at radius 3 is 2.79 bits per heavy atom. The minimum atomic E-state index is -0.0315. The van der Waals surface area contributed by atoms with Gasteiger partial charge < -0.3 is 9.88 Å². The molecule has 0 spiro atoms. The molecule has 0 aliphatic carbocycles. The molecule has 5 nitrogen and oxygen atoms in total. The Morgan fingerprint density at radius 2 is 2.00 bits per heavy atom. The molecule has 4 aromatic rings. The minimum Gasteiger partial charge on any atom is -0.352 e. The molecule has 0 aliphatic heterocycles. The van der Waals surface area contributed by atoms with Gasteiger partial charge >= 0.3 is 0 Å². The van der Waals surface area contributed by atoms with E-state index in [1.54, 1.807) is 35.6 Å². The highest BCUT2D eigenvalue weighted by Gasteiger charge is 2.07. The molecule has 28 heavy (non-hydrogen) atoms. The number of aryl methyl sites for hydroxylation is 1. The van der Waals surface area contributed by atoms with Crippen LogP contribution in [-0.2, 0) is 12.3 Å². The molecule has 0 aliphatic rings. The van der Waals surface area contributed by atoms with Gasteiger partial charge in [-0.15, -0.1) is 11.3 Å². The SMILES string of the molecule is O=C(NCCCn1ccnc1)c1ccc(CSc2nc3ccccc3s2)cc1. The summed E-state index contributed by atoms with van der Waals surface area (Å²) in [5, 5.41) is 2.97. The average molecular weight is 409 g/mol. The molecule has 7 heteroatoms. The fraction of sp³-hybridized carbons (Fsp3) is 0.190. The number of amides is 1. The highest BCUT2D eigenvalue weighted by atomic mass is 32.2. The smallest absolute Gasteiger partial charge is 0.251 e. The van der Waals surface area contributed by atoms with Crippen molar-refractivity contribution in [2.75, 3.05) is 6.54 Å². The monoisotopic (exact) mass is 408 g/mol. The van der Waals surface area contributed by atoms with Crippen LogP contribution in [-0.4, -0.2) is 27.0 Å². The van der Waals surface area contributed by atoms with Crippen molar-refractivity contribution in [2.24, 2.45) is 0 Å². The molecule has 2 aromatic heterocycles. The number of hydrogen-bond donors (Lipinski definition) is 1. The van der Waals surface area contributed by atoms with E-state index in [9.17, 15) is 4.79 Å². The molecule has 2 heterocycles. The van der Waals surface area contributed by atoms with Crippen LogP contribution in [0.3, 0.4) is 0 Å². The Morgan fingerprint density at radius 1 is 1.14 bits per heavy atom. The summed E-state index contributed by atoms with van der Waals surface area (Å²) in [4.78, 5) is 20.9. The Bertz CT molecular complexity index is 1010. The second-order valence-corrected chi connectivity index (χ2v) is 8.60. The highest BCUT2D eigenvalue weighted by Crippen LogP contribution is 2.31. The highest BCUT2D eigenvalue weighted by molar-refractivity contribution is 8.00. The second-order valence-electron chi connectivity index (χ2n) is 6.34. The molecule has 0 bridgehead atoms. The lowest BCUT2D eigenvalue weighted by molar-refractivity contribution is 0.0952. The third kappa shape index (κ3) is 4.79. The van der Waals surface area contributed by atoms with Crippen molar-refractivity contribution in [3.05, 3.63) is 78.4 Å². The zero-order valence-electron chi connectivity index (χ0n) is 15.2. The summed E-state index contributed by atoms with van der Waals surface area (Å²) in [6.45, 7) is 1.49. The van der Waals surface area contributed by atoms with E-state index in [-0.39, 0.29) is 5.91 Å². The molecule has 1 amide bonds. The number of imidazole rings is 1. The zero-order valence-corrected chi connectivity index (χ0v) is 16.9. The van der Waals surface area contributed by atoms with E-state index in [0.29, 0.717) is 12.1 Å². The predicted molar refractivity (Wildman–Crippen MR) is 115 cm³/mol. The average Bonchev–Trinajstić information content (AvgIpc) is 3.39. The fourth-order valence-corrected chi connectivity index (χ4v) is 4.82. The van der Waals surface area contributed by atoms with Crippen LogP contribution in [0.5, 0.6) is 0 Å². The lowest BCUT2D eigenvalue weighted by Crippen LogP contribution is -2.25. The number of thiazole rings is 1. The largest absolute Gasteiger partial charge is 0.352 e. The standard InChI is InChI=1S/C21H20N4OS2/c26-20(23-10-3-12-25-13-11-22-15-25)17-8-6-16(7-9-17)14-27-21-24-18-4-1-2-5-19(18)28-21/h1-2,4-9,11,13,15H,3,10,12,14H2,(H,23,26). The molecular weight excluding hydrogens is 388 g/mol. The first-order valence-electron chi connectivity index (χ1n) is 9.09. The van der Waals surface area contributed by atoms with Gasteiger partial charge in [-0.3, -0.25) is 4.79 Å². The first-order chi connectivity index (χ1) is 13.8. The normalized spacial score (nSPS) is 11.0. The van der Waals surface area contributed by atoms with Crippen LogP contribution in [0.4, 0.5) is 0 Å². The number of nitrogens with zero attached hydrogens (tertiary/aromatic N) is 3. The summed E-state index contributed by atoms with van der Waals surface area (Å²) in [7, 11) is 0. The van der Waals surface area contributed by atoms with E-state index in [1.807, 2.05) is 53.2 Å². The van der Waals surface area contributed by atoms with Crippen LogP contribution in [0.1, 0.15) is 22.3 Å². The van der Waals surface area contributed by atoms with Crippen LogP contribution in [0, 0.1) is 0 Å². The quantitative estimate of drug-likeness (QED) is 0.342. The number of fused-ring (bicyclic) bond motifs is 1. The van der Waals surface area contributed by atoms with Crippen LogP contribution in [0.25, 0.3) is 10.2 Å². The van der Waals surface area contributed by atoms with Gasteiger partial charge in [0, 0.05) is 36.8 Å². The number of aromatic nitrogens is 3. The lowest BCUT2D eigenvalue weighted by Gasteiger charge is -2.06. The molecule has 0 saturated carbocycles. The van der Waals surface area contributed by atoms with E-state index < -0.39 is 0 Å². The Balaban J connectivity index is 1.25. The van der Waals surface area contributed by atoms with Gasteiger partial charge in [-0.1, -0.05) is 36.0 Å². The third-order valence-electron chi connectivity index (χ3n) is 4.29. The van der Waals surface area contributed by atoms with Gasteiger partial charge in [0.15, 0.2) is 4.34 Å². The van der Waals surface area contributed by atoms with Crippen molar-refractivity contribution >= 4 is 39.2 Å². The fourth-order valence-electron chi connectivity index (χ4n) is 2.79. The molecule has 2 aromatic carbocycles. The first kappa shape index (κ1) is 18.7. The molecule has 4 rings (SSSR count). The lowest BCUT2D eigenvalue weighted by atomic mass is 10.1. The van der Waals surface area contributed by atoms with Crippen molar-refractivity contribution in [1.29, 1.82) is 0 Å². The van der Waals surface area contributed by atoms with Crippen molar-refractivity contribution in [3.63, 3.8) is 0 Å². The minimum absolute atomic E-state index is 0.0315. The molecule has 1 N–H and O–H groups in total. The number of nitrogens with one attached hydrogen (secondary N) is 1. The maximum Gasteiger partial charge on any atom is 0.251 e. The van der Waals surface area contributed by atoms with Crippen molar-refractivity contribution in [3.8, 4) is 0 Å². The van der Waals surface area contributed by atoms with Gasteiger partial charge in [-0.2, -0.15) is 0 Å². The van der Waals surface area contributed by atoms with Gasteiger partial charge in [0.1, 0.15) is 0 Å². The summed E-state index contributed by atoms with van der Waals surface area (Å²) in [5.41, 5.74) is 2.92. The van der Waals surface area contributed by atoms with Crippen molar-refractivity contribution in [2.45, 2.75) is 23.1 Å². The molecule has 0 fully saturated rings. The molecular formula is C21H20N4OS2. The van der Waals surface area contributed by atoms with Crippen LogP contribution < -0.4 is 5.32 Å². The summed E-state index contributed by atoms with van der Waals surface area (Å²) in [6, 6.07) is 16.0. The molecule has 0 atom stereocenters. The Hall–Kier alpha value is -2.64. The molecule has 0 unspecified atom stereocenters. The summed E-state index contributed by atoms with van der Waals surface area (Å²) < 4.78 is 4.29. The Kier molecular flexibility index (Phi) is 6.04. The van der Waals surface area contributed by atoms with Crippen LogP contribution in [0.2, 0.25) is 0 Å². The molecule has 142 valence electrons. The van der Waals surface area contributed by atoms with E-state index in [1.165, 1.54) is 10.3 Å². The summed E-state index contributed by atoms with van der Waals surface area (Å²) in [6.07, 6.45) is 6.34. The first-order valence-corrected chi connectivity index (χ1v) is 10.9. The number of carbonyl (C=O) groups is 1. The zero-order chi connectivity index (χ0) is 19.2. The van der Waals surface area contributed by atoms with Crippen LogP contribution in [0.15, 0.2) is 71.6 Å². The maximum atomic E-state index is 12.3. The van der Waals surface area contributed by atoms with Gasteiger partial charge in [0.05, 0.1) is 16.5 Å². The number of thioether (sulfide) groups is 1. The van der Waals surface area contributed by atoms with Crippen LogP contribution >= 0.6 is 23.1 Å². The van der Waals surface area contributed by atoms with E-state index >= 15 is 0 Å². The van der Waals surface area contributed by atoms with E-state index in [0.717, 1.165) is 28.6 Å². The number of hydrogen-bond acceptors (Lipinski definition) is 5. The predicted octanol–water partition coefficient (Wildman–Crippen LogP) is 4.61. The van der Waals surface area contributed by atoms with Gasteiger partial charge in [0.2, 0.25) is 0 Å². The number of carbonyl (C=O) groups excluding carboxylic acids is 1. The van der Waals surface area contributed by atoms with Gasteiger partial charge in [-0.05, 0) is 36.2 Å². The maximum absolute atomic E-state index is 12.3. The summed E-state index contributed by atoms with van der Waals surface area (Å²) >= 11 is 3.45. The van der Waals surface area contributed by atoms with Crippen molar-refractivity contribution < 1.29 is 4.79 Å². The second kappa shape index (κ2) is 9.03. The number of benzene rings is 2. The molecule has 0 radical (unpaired) electrons. The molecule has 0 saturated heterocycles. The van der Waals surface area contributed by atoms with Crippen molar-refractivity contribution in [1.82, 2.24) is 19.9 Å². The van der Waals surface area contributed by atoms with E-state index in [4.69, 9.17) is 0 Å². The topological polar surface area (TPSA) is 59.8 Å². The van der Waals surface area contributed by atoms with E-state index in [2.05, 4.69) is 21.4 Å². The number of rotatable bonds is 8.